The van der Waals surface area contributed by atoms with E-state index in [1.54, 1.807) is 7.11 Å². The summed E-state index contributed by atoms with van der Waals surface area (Å²) in [6.07, 6.45) is 3.61. The number of hydrogen-bond donors (Lipinski definition) is 3. The van der Waals surface area contributed by atoms with Gasteiger partial charge < -0.3 is 20.7 Å². The first kappa shape index (κ1) is 21.5. The molecule has 3 N–H and O–H groups in total. The molecule has 0 radical (unpaired) electrons. The molecule has 0 aromatic heterocycles. The second-order valence-electron chi connectivity index (χ2n) is 5.92. The fraction of sp³-hybridized carbons (Fsp3) is 0.556. The summed E-state index contributed by atoms with van der Waals surface area (Å²) >= 11 is 0. The topological polar surface area (TPSA) is 74.8 Å². The zero-order valence-corrected chi connectivity index (χ0v) is 17.3. The number of carbonyl (C=O) groups excluding carboxylic acids is 1. The maximum atomic E-state index is 11.6. The van der Waals surface area contributed by atoms with Crippen molar-refractivity contribution in [1.29, 1.82) is 0 Å². The van der Waals surface area contributed by atoms with Gasteiger partial charge in [-0.05, 0) is 43.9 Å². The maximum absolute atomic E-state index is 11.6. The van der Waals surface area contributed by atoms with Gasteiger partial charge in [-0.2, -0.15) is 0 Å². The molecule has 2 rings (SSSR count). The number of nitrogens with zero attached hydrogens (tertiary/aromatic N) is 1. The first-order valence-electron chi connectivity index (χ1n) is 8.65. The van der Waals surface area contributed by atoms with E-state index in [0.717, 1.165) is 49.6 Å². The summed E-state index contributed by atoms with van der Waals surface area (Å²) in [6.45, 7) is 4.13. The summed E-state index contributed by atoms with van der Waals surface area (Å²) in [4.78, 5) is 16.2. The molecule has 0 unspecified atom stereocenters. The third kappa shape index (κ3) is 8.94. The predicted octanol–water partition coefficient (Wildman–Crippen LogP) is 2.43. The van der Waals surface area contributed by atoms with Gasteiger partial charge in [0, 0.05) is 25.6 Å². The van der Waals surface area contributed by atoms with Crippen LogP contribution >= 0.6 is 24.0 Å². The Bertz CT molecular complexity index is 562. The van der Waals surface area contributed by atoms with E-state index in [4.69, 9.17) is 4.74 Å². The van der Waals surface area contributed by atoms with Gasteiger partial charge in [0.05, 0.1) is 13.7 Å². The Hall–Kier alpha value is -1.51. The highest BCUT2D eigenvalue weighted by Crippen LogP contribution is 2.18. The quantitative estimate of drug-likeness (QED) is 0.229. The van der Waals surface area contributed by atoms with Gasteiger partial charge in [0.15, 0.2) is 5.96 Å². The second kappa shape index (κ2) is 11.9. The molecule has 1 fully saturated rings. The Balaban J connectivity index is 0.00000312. The van der Waals surface area contributed by atoms with Crippen molar-refractivity contribution in [2.24, 2.45) is 4.99 Å². The lowest BCUT2D eigenvalue weighted by atomic mass is 10.2. The van der Waals surface area contributed by atoms with Gasteiger partial charge in [-0.15, -0.1) is 24.0 Å². The van der Waals surface area contributed by atoms with Crippen molar-refractivity contribution in [2.45, 2.75) is 45.2 Å². The third-order valence-electron chi connectivity index (χ3n) is 3.71. The SMILES string of the molecule is CCNC(=NCc1cccc(OC)c1)NCCCC(=O)NC1CC1.I. The lowest BCUT2D eigenvalue weighted by molar-refractivity contribution is -0.121. The molecule has 0 aliphatic heterocycles. The van der Waals surface area contributed by atoms with Gasteiger partial charge in [0.2, 0.25) is 5.91 Å². The number of nitrogens with one attached hydrogen (secondary N) is 3. The number of hydrogen-bond acceptors (Lipinski definition) is 3. The monoisotopic (exact) mass is 460 g/mol. The largest absolute Gasteiger partial charge is 0.497 e. The third-order valence-corrected chi connectivity index (χ3v) is 3.71. The number of halogens is 1. The van der Waals surface area contributed by atoms with Crippen LogP contribution in [-0.4, -0.2) is 38.1 Å². The smallest absolute Gasteiger partial charge is 0.220 e. The maximum Gasteiger partial charge on any atom is 0.220 e. The van der Waals surface area contributed by atoms with Crippen molar-refractivity contribution in [2.75, 3.05) is 20.2 Å². The number of rotatable bonds is 9. The lowest BCUT2D eigenvalue weighted by Gasteiger charge is -2.11. The molecule has 6 nitrogen and oxygen atoms in total. The molecule has 1 amide bonds. The number of benzene rings is 1. The van der Waals surface area contributed by atoms with Crippen LogP contribution in [0.15, 0.2) is 29.3 Å². The Kier molecular flexibility index (Phi) is 10.3. The molecular weight excluding hydrogens is 431 g/mol. The van der Waals surface area contributed by atoms with E-state index in [2.05, 4.69) is 20.9 Å². The minimum atomic E-state index is 0. The normalized spacial score (nSPS) is 13.6. The summed E-state index contributed by atoms with van der Waals surface area (Å²) in [5.41, 5.74) is 1.09. The van der Waals surface area contributed by atoms with E-state index < -0.39 is 0 Å². The molecule has 1 aliphatic carbocycles. The van der Waals surface area contributed by atoms with Crippen LogP contribution in [0.2, 0.25) is 0 Å². The van der Waals surface area contributed by atoms with Gasteiger partial charge in [-0.1, -0.05) is 12.1 Å². The molecule has 25 heavy (non-hydrogen) atoms. The second-order valence-corrected chi connectivity index (χ2v) is 5.92. The van der Waals surface area contributed by atoms with Crippen LogP contribution < -0.4 is 20.7 Å². The van der Waals surface area contributed by atoms with E-state index in [-0.39, 0.29) is 29.9 Å². The molecule has 1 aliphatic rings. The molecule has 1 aromatic rings. The van der Waals surface area contributed by atoms with E-state index in [1.165, 1.54) is 0 Å². The number of aliphatic imine (C=N–C) groups is 1. The highest BCUT2D eigenvalue weighted by atomic mass is 127. The van der Waals surface area contributed by atoms with Gasteiger partial charge in [0.1, 0.15) is 5.75 Å². The van der Waals surface area contributed by atoms with Crippen molar-refractivity contribution in [3.05, 3.63) is 29.8 Å². The highest BCUT2D eigenvalue weighted by molar-refractivity contribution is 14.0. The summed E-state index contributed by atoms with van der Waals surface area (Å²) in [5, 5.41) is 9.49. The van der Waals surface area contributed by atoms with Crippen LogP contribution in [0.25, 0.3) is 0 Å². The Morgan fingerprint density at radius 2 is 2.12 bits per heavy atom. The van der Waals surface area contributed by atoms with Crippen molar-refractivity contribution in [1.82, 2.24) is 16.0 Å². The average Bonchev–Trinajstić information content (AvgIpc) is 3.40. The van der Waals surface area contributed by atoms with Gasteiger partial charge >= 0.3 is 0 Å². The summed E-state index contributed by atoms with van der Waals surface area (Å²) < 4.78 is 5.23. The number of ether oxygens (including phenoxy) is 1. The van der Waals surface area contributed by atoms with Crippen LogP contribution in [0, 0.1) is 0 Å². The predicted molar refractivity (Wildman–Crippen MR) is 112 cm³/mol. The molecule has 0 saturated heterocycles. The summed E-state index contributed by atoms with van der Waals surface area (Å²) in [5.74, 6) is 1.75. The number of methoxy groups -OCH3 is 1. The van der Waals surface area contributed by atoms with Crippen LogP contribution in [0.4, 0.5) is 0 Å². The molecule has 1 aromatic carbocycles. The van der Waals surface area contributed by atoms with Crippen molar-refractivity contribution in [3.8, 4) is 5.75 Å². The van der Waals surface area contributed by atoms with E-state index >= 15 is 0 Å². The van der Waals surface area contributed by atoms with Crippen LogP contribution in [0.1, 0.15) is 38.2 Å². The molecule has 140 valence electrons. The molecule has 1 saturated carbocycles. The van der Waals surface area contributed by atoms with Crippen LogP contribution in [-0.2, 0) is 11.3 Å². The van der Waals surface area contributed by atoms with Crippen molar-refractivity contribution < 1.29 is 9.53 Å². The molecule has 7 heteroatoms. The lowest BCUT2D eigenvalue weighted by Crippen LogP contribution is -2.38. The first-order chi connectivity index (χ1) is 11.7. The molecule has 0 heterocycles. The standard InChI is InChI=1S/C18H28N4O2.HI/c1-3-19-18(20-11-5-8-17(23)22-15-9-10-15)21-13-14-6-4-7-16(12-14)24-2;/h4,6-7,12,15H,3,5,8-11,13H2,1-2H3,(H,22,23)(H2,19,20,21);1H. The zero-order valence-electron chi connectivity index (χ0n) is 15.0. The minimum absolute atomic E-state index is 0. The average molecular weight is 460 g/mol. The minimum Gasteiger partial charge on any atom is -0.497 e. The molecule has 0 bridgehead atoms. The number of carbonyl (C=O) groups is 1. The van der Waals surface area contributed by atoms with Crippen molar-refractivity contribution >= 4 is 35.8 Å². The molecule has 0 atom stereocenters. The Morgan fingerprint density at radius 3 is 2.80 bits per heavy atom. The van der Waals surface area contributed by atoms with E-state index in [9.17, 15) is 4.79 Å². The van der Waals surface area contributed by atoms with Crippen molar-refractivity contribution in [3.63, 3.8) is 0 Å². The summed E-state index contributed by atoms with van der Waals surface area (Å²) in [6, 6.07) is 8.33. The van der Waals surface area contributed by atoms with Gasteiger partial charge in [-0.3, -0.25) is 4.79 Å². The van der Waals surface area contributed by atoms with Gasteiger partial charge in [0.25, 0.3) is 0 Å². The zero-order chi connectivity index (χ0) is 17.2. The number of amides is 1. The Morgan fingerprint density at radius 1 is 1.32 bits per heavy atom. The fourth-order valence-corrected chi connectivity index (χ4v) is 2.27. The van der Waals surface area contributed by atoms with E-state index in [1.807, 2.05) is 31.2 Å². The summed E-state index contributed by atoms with van der Waals surface area (Å²) in [7, 11) is 1.66. The fourth-order valence-electron chi connectivity index (χ4n) is 2.27. The highest BCUT2D eigenvalue weighted by Gasteiger charge is 2.22. The van der Waals surface area contributed by atoms with Gasteiger partial charge in [-0.25, -0.2) is 4.99 Å². The molecular formula is C18H29IN4O2. The Labute approximate surface area is 167 Å². The van der Waals surface area contributed by atoms with Crippen LogP contribution in [0.5, 0.6) is 5.75 Å². The number of guanidine groups is 1. The first-order valence-corrected chi connectivity index (χ1v) is 8.65. The van der Waals surface area contributed by atoms with Crippen LogP contribution in [0.3, 0.4) is 0 Å². The van der Waals surface area contributed by atoms with E-state index in [0.29, 0.717) is 19.0 Å². The molecule has 0 spiro atoms.